The molecule has 3 saturated heterocycles. The highest BCUT2D eigenvalue weighted by molar-refractivity contribution is 6.24. The maximum absolute atomic E-state index is 13.3. The molecule has 5 N–H and O–H groups in total. The van der Waals surface area contributed by atoms with E-state index >= 15 is 0 Å². The number of primary amides is 1. The monoisotopic (exact) mass is 868 g/mol. The van der Waals surface area contributed by atoms with Gasteiger partial charge in [-0.1, -0.05) is 12.1 Å². The van der Waals surface area contributed by atoms with Crippen LogP contribution in [0.15, 0.2) is 48.7 Å². The van der Waals surface area contributed by atoms with Crippen molar-refractivity contribution in [2.24, 2.45) is 11.7 Å². The van der Waals surface area contributed by atoms with Crippen LogP contribution in [0, 0.1) is 5.92 Å². The molecule has 2 atom stereocenters. The molecule has 3 aromatic rings. The predicted molar refractivity (Wildman–Crippen MR) is 231 cm³/mol. The fourth-order valence-corrected chi connectivity index (χ4v) is 8.83. The molecular formula is C44H56N10O9. The summed E-state index contributed by atoms with van der Waals surface area (Å²) in [6.45, 7) is 4.04. The molecule has 63 heavy (non-hydrogen) atoms. The topological polar surface area (TPSA) is 239 Å². The number of piperidine rings is 2. The first-order valence-corrected chi connectivity index (χ1v) is 21.6. The highest BCUT2D eigenvalue weighted by Crippen LogP contribution is 2.33. The quantitative estimate of drug-likeness (QED) is 0.113. The number of aryl methyl sites for hydroxylation is 1. The lowest BCUT2D eigenvalue weighted by Gasteiger charge is -2.37. The van der Waals surface area contributed by atoms with Crippen LogP contribution in [-0.4, -0.2) is 137 Å². The lowest BCUT2D eigenvalue weighted by Crippen LogP contribution is -2.54. The van der Waals surface area contributed by atoms with Gasteiger partial charge in [0, 0.05) is 67.3 Å². The lowest BCUT2D eigenvalue weighted by atomic mass is 9.81. The number of anilines is 3. The number of likely N-dealkylation sites (N-methyl/N-ethyl adjacent to an activating group) is 1. The smallest absolute Gasteiger partial charge is 0.320 e. The summed E-state index contributed by atoms with van der Waals surface area (Å²) in [6.07, 6.45) is 6.41. The molecule has 2 aromatic carbocycles. The third kappa shape index (κ3) is 9.42. The molecule has 336 valence electrons. The van der Waals surface area contributed by atoms with Crippen molar-refractivity contribution in [3.05, 3.63) is 71.0 Å². The molecule has 1 unspecified atom stereocenters. The molecular weight excluding hydrogens is 813 g/mol. The van der Waals surface area contributed by atoms with Crippen molar-refractivity contribution in [2.75, 3.05) is 63.2 Å². The van der Waals surface area contributed by atoms with E-state index in [1.807, 2.05) is 11.9 Å². The molecule has 8 rings (SSSR count). The second-order valence-electron chi connectivity index (χ2n) is 16.6. The number of carbonyl (C=O) groups excluding carboxylic acids is 7. The van der Waals surface area contributed by atoms with E-state index in [0.717, 1.165) is 24.3 Å². The van der Waals surface area contributed by atoms with Gasteiger partial charge in [0.25, 0.3) is 17.7 Å². The van der Waals surface area contributed by atoms with Crippen LogP contribution in [0.4, 0.5) is 22.1 Å². The van der Waals surface area contributed by atoms with E-state index in [0.29, 0.717) is 99.9 Å². The van der Waals surface area contributed by atoms with Gasteiger partial charge in [0.2, 0.25) is 17.7 Å². The van der Waals surface area contributed by atoms with Gasteiger partial charge in [0.15, 0.2) is 11.5 Å². The first-order chi connectivity index (χ1) is 30.4. The second kappa shape index (κ2) is 18.8. The highest BCUT2D eigenvalue weighted by Gasteiger charge is 2.45. The Morgan fingerprint density at radius 3 is 2.52 bits per heavy atom. The average Bonchev–Trinajstić information content (AvgIpc) is 3.73. The van der Waals surface area contributed by atoms with Crippen molar-refractivity contribution in [2.45, 2.75) is 76.0 Å². The number of benzene rings is 2. The minimum Gasteiger partial charge on any atom is -0.494 e. The molecule has 1 aliphatic carbocycles. The van der Waals surface area contributed by atoms with Crippen molar-refractivity contribution in [1.29, 1.82) is 0 Å². The predicted octanol–water partition coefficient (Wildman–Crippen LogP) is 2.86. The molecule has 19 nitrogen and oxygen atoms in total. The lowest BCUT2D eigenvalue weighted by molar-refractivity contribution is -0.136. The summed E-state index contributed by atoms with van der Waals surface area (Å²) in [5.74, 6) is -1.51. The van der Waals surface area contributed by atoms with Gasteiger partial charge in [0.1, 0.15) is 17.6 Å². The van der Waals surface area contributed by atoms with E-state index in [4.69, 9.17) is 20.2 Å². The summed E-state index contributed by atoms with van der Waals surface area (Å²) in [5.41, 5.74) is 7.58. The number of aromatic nitrogens is 2. The van der Waals surface area contributed by atoms with Crippen LogP contribution >= 0.6 is 0 Å². The number of urea groups is 1. The minimum atomic E-state index is -1.01. The van der Waals surface area contributed by atoms with Crippen molar-refractivity contribution in [1.82, 2.24) is 35.3 Å². The van der Waals surface area contributed by atoms with Gasteiger partial charge in [-0.15, -0.1) is 0 Å². The van der Waals surface area contributed by atoms with Crippen LogP contribution in [-0.2, 0) is 25.5 Å². The average molecular weight is 869 g/mol. The molecule has 5 aliphatic rings. The minimum absolute atomic E-state index is 0. The molecule has 0 radical (unpaired) electrons. The van der Waals surface area contributed by atoms with E-state index in [1.54, 1.807) is 53.6 Å². The number of hydrogen-bond donors (Lipinski definition) is 4. The number of amides is 8. The number of fused-ring (bicyclic) bond motifs is 1. The zero-order valence-corrected chi connectivity index (χ0v) is 35.2. The van der Waals surface area contributed by atoms with Crippen LogP contribution in [0.5, 0.6) is 5.75 Å². The summed E-state index contributed by atoms with van der Waals surface area (Å²) in [5, 5.41) is 8.37. The zero-order valence-electron chi connectivity index (χ0n) is 35.2. The highest BCUT2D eigenvalue weighted by atomic mass is 16.5. The van der Waals surface area contributed by atoms with Gasteiger partial charge in [0.05, 0.1) is 36.1 Å². The number of hydrogen-bond acceptors (Lipinski definition) is 13. The van der Waals surface area contributed by atoms with Crippen LogP contribution in [0.1, 0.15) is 91.0 Å². The molecule has 8 amide bonds. The number of nitrogens with two attached hydrogens (primary N) is 1. The molecule has 0 spiro atoms. The Morgan fingerprint density at radius 1 is 0.968 bits per heavy atom. The maximum atomic E-state index is 13.3. The first-order valence-electron chi connectivity index (χ1n) is 21.6. The van der Waals surface area contributed by atoms with Gasteiger partial charge in [-0.05, 0) is 87.3 Å². The van der Waals surface area contributed by atoms with Crippen LogP contribution in [0.2, 0.25) is 0 Å². The molecule has 4 aliphatic heterocycles. The van der Waals surface area contributed by atoms with Crippen LogP contribution in [0.25, 0.3) is 0 Å². The van der Waals surface area contributed by atoms with Crippen molar-refractivity contribution >= 4 is 58.8 Å². The zero-order chi connectivity index (χ0) is 44.2. The summed E-state index contributed by atoms with van der Waals surface area (Å²) in [4.78, 5) is 104. The second-order valence-corrected chi connectivity index (χ2v) is 16.6. The molecule has 4 fully saturated rings. The Kier molecular flexibility index (Phi) is 12.8. The van der Waals surface area contributed by atoms with E-state index in [1.165, 1.54) is 0 Å². The van der Waals surface area contributed by atoms with Gasteiger partial charge < -0.3 is 40.5 Å². The van der Waals surface area contributed by atoms with Gasteiger partial charge in [-0.25, -0.2) is 14.8 Å². The van der Waals surface area contributed by atoms with Gasteiger partial charge in [-0.3, -0.25) is 39.0 Å². The van der Waals surface area contributed by atoms with Gasteiger partial charge in [-0.2, -0.15) is 0 Å². The molecule has 19 heteroatoms. The first kappa shape index (κ1) is 43.0. The Bertz CT molecular complexity index is 2300. The SMILES string of the molecule is CN1CCN([C@@H]2CCCN(c3cnc(C(N)=O)c(Nc4ccc(OCCCNC(=O)C5CC(OCCCc6cccc7c6C(=O)N(C6CCC(=O)NC6=O)C7=O)C5)cc4)n3)C2)C1=O.[HH].[HH]. The summed E-state index contributed by atoms with van der Waals surface area (Å²) >= 11 is 0. The Balaban J connectivity index is 0.00000350. The van der Waals surface area contributed by atoms with Crippen LogP contribution < -0.4 is 31.3 Å². The molecule has 0 bridgehead atoms. The molecule has 1 saturated carbocycles. The van der Waals surface area contributed by atoms with Crippen molar-refractivity contribution < 1.29 is 45.9 Å². The number of ether oxygens (including phenoxy) is 2. The largest absolute Gasteiger partial charge is 0.494 e. The Labute approximate surface area is 367 Å². The number of nitrogens with zero attached hydrogens (tertiary/aromatic N) is 6. The number of carbonyl (C=O) groups is 7. The molecule has 5 heterocycles. The summed E-state index contributed by atoms with van der Waals surface area (Å²) < 4.78 is 11.9. The van der Waals surface area contributed by atoms with E-state index in [9.17, 15) is 33.6 Å². The third-order valence-corrected chi connectivity index (χ3v) is 12.4. The summed E-state index contributed by atoms with van der Waals surface area (Å²) in [6, 6.07) is 11.4. The van der Waals surface area contributed by atoms with E-state index in [-0.39, 0.29) is 62.8 Å². The number of imide groups is 2. The third-order valence-electron chi connectivity index (χ3n) is 12.4. The summed E-state index contributed by atoms with van der Waals surface area (Å²) in [7, 11) is 1.81. The van der Waals surface area contributed by atoms with E-state index in [2.05, 4.69) is 25.8 Å². The maximum Gasteiger partial charge on any atom is 0.320 e. The molecule has 1 aromatic heterocycles. The van der Waals surface area contributed by atoms with Gasteiger partial charge >= 0.3 is 6.03 Å². The standard InChI is InChI=1S/C44H52N10O9.2H2/c1-51-18-19-53(44(51)61)29-8-3-17-52(25-29)34-24-47-37(38(45)56)39(49-34)48-28-10-12-30(13-11-28)62-21-5-16-46-40(57)27-22-31(23-27)63-20-4-7-26-6-2-9-32-36(26)43(60)54(42(32)59)33-14-15-35(55)50-41(33)58;;/h2,6,9-13,24,27,29,31,33H,3-5,7-8,14-23,25H2,1H3,(H2,45,56)(H,46,57)(H,48,49)(H,50,55,58);2*1H/t27?,29-,31?,33?;;/m1../s1. The normalized spacial score (nSPS) is 22.2. The number of rotatable bonds is 17. The van der Waals surface area contributed by atoms with Crippen LogP contribution in [0.3, 0.4) is 0 Å². The van der Waals surface area contributed by atoms with E-state index < -0.39 is 35.6 Å². The van der Waals surface area contributed by atoms with Crippen molar-refractivity contribution in [3.63, 3.8) is 0 Å². The number of nitrogens with one attached hydrogen (secondary N) is 3. The fraction of sp³-hybridized carbons (Fsp3) is 0.477. The Hall–Kier alpha value is -6.63. The Morgan fingerprint density at radius 2 is 1.78 bits per heavy atom. The fourth-order valence-electron chi connectivity index (χ4n) is 8.83. The van der Waals surface area contributed by atoms with Crippen molar-refractivity contribution in [3.8, 4) is 5.75 Å².